The van der Waals surface area contributed by atoms with Crippen LogP contribution in [-0.2, 0) is 9.59 Å². The predicted octanol–water partition coefficient (Wildman–Crippen LogP) is -1.47. The molecule has 0 aliphatic carbocycles. The summed E-state index contributed by atoms with van der Waals surface area (Å²) < 4.78 is 35.4. The van der Waals surface area contributed by atoms with Crippen LogP contribution in [0, 0.1) is 0 Å². The molecule has 0 atom stereocenters. The molecule has 0 aromatic heterocycles. The number of amides is 4. The molecule has 0 aliphatic heterocycles. The molecule has 10 heteroatoms. The molecule has 0 spiro atoms. The van der Waals surface area contributed by atoms with E-state index in [1.807, 2.05) is 0 Å². The molecule has 0 saturated heterocycles. The Bertz CT molecular complexity index is 302. The van der Waals surface area contributed by atoms with E-state index < -0.39 is 43.7 Å². The van der Waals surface area contributed by atoms with Crippen molar-refractivity contribution in [2.24, 2.45) is 11.5 Å². The van der Waals surface area contributed by atoms with Crippen LogP contribution in [0.15, 0.2) is 0 Å². The van der Waals surface area contributed by atoms with Crippen LogP contribution in [0.5, 0.6) is 0 Å². The summed E-state index contributed by atoms with van der Waals surface area (Å²) in [4.78, 5) is 32.7. The molecule has 7 nitrogen and oxygen atoms in total. The van der Waals surface area contributed by atoms with Crippen molar-refractivity contribution in [2.45, 2.75) is 6.18 Å². The second-order valence-electron chi connectivity index (χ2n) is 3.06. The van der Waals surface area contributed by atoms with Gasteiger partial charge in [0.2, 0.25) is 11.8 Å². The topological polar surface area (TPSA) is 119 Å². The first-order valence-electron chi connectivity index (χ1n) is 4.28. The van der Waals surface area contributed by atoms with Crippen LogP contribution in [0.25, 0.3) is 0 Å². The molecule has 0 aliphatic rings. The average Bonchev–Trinajstić information content (AvgIpc) is 2.10. The van der Waals surface area contributed by atoms with Gasteiger partial charge in [-0.1, -0.05) is 0 Å². The molecule has 0 rings (SSSR count). The average molecular weight is 256 g/mol. The molecule has 17 heavy (non-hydrogen) atoms. The highest BCUT2D eigenvalue weighted by Gasteiger charge is 2.29. The molecule has 0 saturated carbocycles. The largest absolute Gasteiger partial charge is 0.405 e. The first-order chi connectivity index (χ1) is 7.61. The Hall–Kier alpha value is -2.00. The summed E-state index contributed by atoms with van der Waals surface area (Å²) in [5, 5.41) is 1.48. The second kappa shape index (κ2) is 5.92. The van der Waals surface area contributed by atoms with Gasteiger partial charge in [-0.05, 0) is 0 Å². The van der Waals surface area contributed by atoms with E-state index in [4.69, 9.17) is 11.5 Å². The molecule has 98 valence electrons. The van der Waals surface area contributed by atoms with Gasteiger partial charge in [-0.25, -0.2) is 4.79 Å². The van der Waals surface area contributed by atoms with Crippen molar-refractivity contribution in [2.75, 3.05) is 19.6 Å². The van der Waals surface area contributed by atoms with Crippen LogP contribution in [-0.4, -0.2) is 48.6 Å². The van der Waals surface area contributed by atoms with Crippen LogP contribution in [0.2, 0.25) is 0 Å². The van der Waals surface area contributed by atoms with Gasteiger partial charge in [0.15, 0.2) is 0 Å². The first kappa shape index (κ1) is 15.0. The minimum absolute atomic E-state index is 0.483. The summed E-state index contributed by atoms with van der Waals surface area (Å²) in [5.74, 6) is -1.96. The molecule has 0 aromatic rings. The Morgan fingerprint density at radius 2 is 1.47 bits per heavy atom. The lowest BCUT2D eigenvalue weighted by Gasteiger charge is -2.20. The maximum Gasteiger partial charge on any atom is 0.405 e. The highest BCUT2D eigenvalue weighted by Crippen LogP contribution is 2.12. The van der Waals surface area contributed by atoms with Crippen LogP contribution < -0.4 is 16.8 Å². The summed E-state index contributed by atoms with van der Waals surface area (Å²) in [6.07, 6.45) is -4.60. The van der Waals surface area contributed by atoms with Crippen LogP contribution >= 0.6 is 0 Å². The molecule has 0 radical (unpaired) electrons. The summed E-state index contributed by atoms with van der Waals surface area (Å²) in [6.45, 7) is -2.99. The minimum Gasteiger partial charge on any atom is -0.368 e. The van der Waals surface area contributed by atoms with E-state index in [2.05, 4.69) is 0 Å². The van der Waals surface area contributed by atoms with Gasteiger partial charge >= 0.3 is 12.2 Å². The number of urea groups is 1. The fourth-order valence-electron chi connectivity index (χ4n) is 0.863. The number of rotatable bonds is 5. The van der Waals surface area contributed by atoms with Crippen molar-refractivity contribution in [3.63, 3.8) is 0 Å². The molecule has 0 aromatic carbocycles. The summed E-state index contributed by atoms with van der Waals surface area (Å²) in [6, 6.07) is -1.25. The standard InChI is InChI=1S/C7H11F3N4O3/c8-7(9,10)3-13-6(17)14(1-4(11)15)2-5(12)16/h1-3H2,(H2,11,15)(H2,12,16)(H,13,17). The number of carbonyl (C=O) groups excluding carboxylic acids is 3. The SMILES string of the molecule is NC(=O)CN(CC(N)=O)C(=O)NCC(F)(F)F. The zero-order valence-corrected chi connectivity index (χ0v) is 8.58. The number of hydrogen-bond acceptors (Lipinski definition) is 3. The summed E-state index contributed by atoms with van der Waals surface area (Å²) in [7, 11) is 0. The number of nitrogens with zero attached hydrogens (tertiary/aromatic N) is 1. The molecule has 0 bridgehead atoms. The van der Waals surface area contributed by atoms with E-state index >= 15 is 0 Å². The van der Waals surface area contributed by atoms with E-state index in [0.717, 1.165) is 0 Å². The monoisotopic (exact) mass is 256 g/mol. The molecule has 0 heterocycles. The van der Waals surface area contributed by atoms with Crippen LogP contribution in [0.4, 0.5) is 18.0 Å². The molecular weight excluding hydrogens is 245 g/mol. The fourth-order valence-corrected chi connectivity index (χ4v) is 0.863. The third-order valence-electron chi connectivity index (χ3n) is 1.42. The van der Waals surface area contributed by atoms with Crippen molar-refractivity contribution >= 4 is 17.8 Å². The third-order valence-corrected chi connectivity index (χ3v) is 1.42. The van der Waals surface area contributed by atoms with Gasteiger partial charge < -0.3 is 21.7 Å². The van der Waals surface area contributed by atoms with Gasteiger partial charge in [0.1, 0.15) is 19.6 Å². The van der Waals surface area contributed by atoms with Crippen molar-refractivity contribution < 1.29 is 27.6 Å². The molecular formula is C7H11F3N4O3. The van der Waals surface area contributed by atoms with Crippen LogP contribution in [0.1, 0.15) is 0 Å². The summed E-state index contributed by atoms with van der Waals surface area (Å²) >= 11 is 0. The normalized spacial score (nSPS) is 10.8. The Labute approximate surface area is 93.9 Å². The highest BCUT2D eigenvalue weighted by molar-refractivity contribution is 5.87. The van der Waals surface area contributed by atoms with Crippen LogP contribution in [0.3, 0.4) is 0 Å². The van der Waals surface area contributed by atoms with E-state index in [1.54, 1.807) is 0 Å². The number of carbonyl (C=O) groups is 3. The van der Waals surface area contributed by atoms with Gasteiger partial charge in [0, 0.05) is 0 Å². The highest BCUT2D eigenvalue weighted by atomic mass is 19.4. The maximum atomic E-state index is 11.8. The Kier molecular flexibility index (Phi) is 5.22. The van der Waals surface area contributed by atoms with Crippen molar-refractivity contribution in [3.8, 4) is 0 Å². The van der Waals surface area contributed by atoms with Crippen molar-refractivity contribution in [3.05, 3.63) is 0 Å². The van der Waals surface area contributed by atoms with Gasteiger partial charge in [-0.3, -0.25) is 9.59 Å². The molecule has 0 unspecified atom stereocenters. The Morgan fingerprint density at radius 3 is 1.76 bits per heavy atom. The lowest BCUT2D eigenvalue weighted by molar-refractivity contribution is -0.123. The zero-order valence-electron chi connectivity index (χ0n) is 8.58. The predicted molar refractivity (Wildman–Crippen MR) is 49.4 cm³/mol. The number of nitrogens with one attached hydrogen (secondary N) is 1. The van der Waals surface area contributed by atoms with Gasteiger partial charge in [0.25, 0.3) is 0 Å². The van der Waals surface area contributed by atoms with Gasteiger partial charge in [-0.2, -0.15) is 13.2 Å². The zero-order chi connectivity index (χ0) is 13.6. The Balaban J connectivity index is 4.42. The molecule has 0 fully saturated rings. The maximum absolute atomic E-state index is 11.8. The number of alkyl halides is 3. The van der Waals surface area contributed by atoms with Crippen molar-refractivity contribution in [1.82, 2.24) is 10.2 Å². The number of primary amides is 2. The molecule has 5 N–H and O–H groups in total. The Morgan fingerprint density at radius 1 is 1.06 bits per heavy atom. The lowest BCUT2D eigenvalue weighted by Crippen LogP contribution is -2.49. The number of hydrogen-bond donors (Lipinski definition) is 3. The molecule has 4 amide bonds. The number of halogens is 3. The van der Waals surface area contributed by atoms with E-state index in [9.17, 15) is 27.6 Å². The minimum atomic E-state index is -4.60. The van der Waals surface area contributed by atoms with Crippen molar-refractivity contribution in [1.29, 1.82) is 0 Å². The van der Waals surface area contributed by atoms with Gasteiger partial charge in [-0.15, -0.1) is 0 Å². The fraction of sp³-hybridized carbons (Fsp3) is 0.571. The summed E-state index contributed by atoms with van der Waals surface area (Å²) in [5.41, 5.74) is 9.51. The first-order valence-corrected chi connectivity index (χ1v) is 4.28. The van der Waals surface area contributed by atoms with E-state index in [1.165, 1.54) is 5.32 Å². The quantitative estimate of drug-likeness (QED) is 0.557. The van der Waals surface area contributed by atoms with Gasteiger partial charge in [0.05, 0.1) is 0 Å². The van der Waals surface area contributed by atoms with E-state index in [0.29, 0.717) is 4.90 Å². The second-order valence-corrected chi connectivity index (χ2v) is 3.06. The van der Waals surface area contributed by atoms with E-state index in [-0.39, 0.29) is 0 Å². The number of nitrogens with two attached hydrogens (primary N) is 2. The third kappa shape index (κ3) is 7.88. The lowest BCUT2D eigenvalue weighted by atomic mass is 10.4. The smallest absolute Gasteiger partial charge is 0.368 e.